The zero-order chi connectivity index (χ0) is 14.7. The molecule has 2 aliphatic carbocycles. The topological polar surface area (TPSA) is 18.5 Å². The molecule has 0 aromatic heterocycles. The molecule has 2 unspecified atom stereocenters. The molecule has 0 aliphatic heterocycles. The average molecular weight is 286 g/mol. The van der Waals surface area contributed by atoms with E-state index in [9.17, 15) is 0 Å². The molecule has 2 aliphatic rings. The Bertz CT molecular complexity index is 495. The third kappa shape index (κ3) is 2.67. The molecule has 0 N–H and O–H groups in total. The molecule has 0 heterocycles. The van der Waals surface area contributed by atoms with Crippen LogP contribution in [-0.4, -0.2) is 27.4 Å². The van der Waals surface area contributed by atoms with E-state index in [1.165, 1.54) is 36.8 Å². The molecule has 1 aromatic carbocycles. The van der Waals surface area contributed by atoms with Crippen molar-refractivity contribution in [3.8, 4) is 0 Å². The van der Waals surface area contributed by atoms with E-state index in [1.807, 2.05) is 14.2 Å². The van der Waals surface area contributed by atoms with Crippen LogP contribution >= 0.6 is 0 Å². The van der Waals surface area contributed by atoms with Gasteiger partial charge in [0, 0.05) is 25.6 Å². The monoisotopic (exact) mass is 286 g/mol. The minimum atomic E-state index is 0.161. The first-order valence-corrected chi connectivity index (χ1v) is 8.06. The summed E-state index contributed by atoms with van der Waals surface area (Å²) in [4.78, 5) is 0. The molecule has 1 saturated carbocycles. The van der Waals surface area contributed by atoms with Crippen LogP contribution < -0.4 is 0 Å². The lowest BCUT2D eigenvalue weighted by atomic mass is 9.61. The van der Waals surface area contributed by atoms with Crippen LogP contribution in [0.2, 0.25) is 0 Å². The van der Waals surface area contributed by atoms with Gasteiger partial charge in [0.2, 0.25) is 0 Å². The Morgan fingerprint density at radius 3 is 2.62 bits per heavy atom. The third-order valence-electron chi connectivity index (χ3n) is 5.36. The first kappa shape index (κ1) is 14.8. The predicted octanol–water partition coefficient (Wildman–Crippen LogP) is 4.27. The summed E-state index contributed by atoms with van der Waals surface area (Å²) in [6, 6.07) is 8.81. The van der Waals surface area contributed by atoms with Crippen molar-refractivity contribution in [3.05, 3.63) is 41.5 Å². The zero-order valence-corrected chi connectivity index (χ0v) is 13.2. The second-order valence-corrected chi connectivity index (χ2v) is 6.59. The Hall–Kier alpha value is -1.12. The van der Waals surface area contributed by atoms with Gasteiger partial charge in [0.1, 0.15) is 0 Å². The summed E-state index contributed by atoms with van der Waals surface area (Å²) in [5, 5.41) is 0. The molecule has 1 fully saturated rings. The summed E-state index contributed by atoms with van der Waals surface area (Å²) in [6.07, 6.45) is 9.80. The lowest BCUT2D eigenvalue weighted by Crippen LogP contribution is -2.43. The number of rotatable bonds is 5. The van der Waals surface area contributed by atoms with Crippen molar-refractivity contribution in [2.45, 2.75) is 31.6 Å². The van der Waals surface area contributed by atoms with Gasteiger partial charge in [0.05, 0.1) is 13.2 Å². The standard InChI is InChI=1S/C19H26O2/c1-20-13-19(14-21-2)12-6-5-9-18(19)17-11-10-15-7-3-4-8-16(15)17/h3-4,7-8,10-11,17-18H,5-6,9,12-14H2,1-2H3. The molecule has 0 amide bonds. The van der Waals surface area contributed by atoms with Crippen molar-refractivity contribution in [2.24, 2.45) is 11.3 Å². The van der Waals surface area contributed by atoms with E-state index in [-0.39, 0.29) is 5.41 Å². The summed E-state index contributed by atoms with van der Waals surface area (Å²) in [5.41, 5.74) is 3.03. The fourth-order valence-corrected chi connectivity index (χ4v) is 4.50. The van der Waals surface area contributed by atoms with E-state index in [0.717, 1.165) is 13.2 Å². The van der Waals surface area contributed by atoms with Gasteiger partial charge in [-0.25, -0.2) is 0 Å². The lowest BCUT2D eigenvalue weighted by Gasteiger charge is -2.46. The Morgan fingerprint density at radius 2 is 1.86 bits per heavy atom. The SMILES string of the molecule is COCC1(COC)CCCCC1C1C=Cc2ccccc21. The Labute approximate surface area is 128 Å². The molecule has 3 rings (SSSR count). The highest BCUT2D eigenvalue weighted by molar-refractivity contribution is 5.62. The maximum absolute atomic E-state index is 5.61. The molecule has 2 atom stereocenters. The molecule has 0 spiro atoms. The molecule has 1 aromatic rings. The van der Waals surface area contributed by atoms with E-state index in [2.05, 4.69) is 36.4 Å². The van der Waals surface area contributed by atoms with Gasteiger partial charge in [-0.05, 0) is 29.9 Å². The highest BCUT2D eigenvalue weighted by Crippen LogP contribution is 2.51. The number of benzene rings is 1. The van der Waals surface area contributed by atoms with Crippen molar-refractivity contribution in [1.29, 1.82) is 0 Å². The van der Waals surface area contributed by atoms with Gasteiger partial charge in [0.15, 0.2) is 0 Å². The van der Waals surface area contributed by atoms with Gasteiger partial charge >= 0.3 is 0 Å². The van der Waals surface area contributed by atoms with Crippen LogP contribution in [0.15, 0.2) is 30.3 Å². The molecular weight excluding hydrogens is 260 g/mol. The Balaban J connectivity index is 1.93. The van der Waals surface area contributed by atoms with Crippen molar-refractivity contribution >= 4 is 6.08 Å². The largest absolute Gasteiger partial charge is 0.384 e. The summed E-state index contributed by atoms with van der Waals surface area (Å²) in [6.45, 7) is 1.61. The summed E-state index contributed by atoms with van der Waals surface area (Å²) in [5.74, 6) is 1.14. The molecule has 114 valence electrons. The Kier molecular flexibility index (Phi) is 4.46. The van der Waals surface area contributed by atoms with E-state index in [1.54, 1.807) is 0 Å². The molecule has 0 bridgehead atoms. The quantitative estimate of drug-likeness (QED) is 0.805. The maximum Gasteiger partial charge on any atom is 0.0543 e. The zero-order valence-electron chi connectivity index (χ0n) is 13.2. The number of ether oxygens (including phenoxy) is 2. The number of hydrogen-bond acceptors (Lipinski definition) is 2. The van der Waals surface area contributed by atoms with Gasteiger partial charge in [-0.2, -0.15) is 0 Å². The van der Waals surface area contributed by atoms with E-state index in [0.29, 0.717) is 11.8 Å². The van der Waals surface area contributed by atoms with Crippen molar-refractivity contribution in [1.82, 2.24) is 0 Å². The van der Waals surface area contributed by atoms with Crippen LogP contribution in [0.5, 0.6) is 0 Å². The molecule has 0 saturated heterocycles. The summed E-state index contributed by atoms with van der Waals surface area (Å²) in [7, 11) is 3.64. The summed E-state index contributed by atoms with van der Waals surface area (Å²) >= 11 is 0. The van der Waals surface area contributed by atoms with E-state index < -0.39 is 0 Å². The Morgan fingerprint density at radius 1 is 1.10 bits per heavy atom. The van der Waals surface area contributed by atoms with Crippen LogP contribution in [0, 0.1) is 11.3 Å². The number of methoxy groups -OCH3 is 2. The van der Waals surface area contributed by atoms with Crippen molar-refractivity contribution in [3.63, 3.8) is 0 Å². The number of fused-ring (bicyclic) bond motifs is 1. The van der Waals surface area contributed by atoms with Crippen molar-refractivity contribution in [2.75, 3.05) is 27.4 Å². The maximum atomic E-state index is 5.61. The third-order valence-corrected chi connectivity index (χ3v) is 5.36. The first-order chi connectivity index (χ1) is 10.3. The van der Waals surface area contributed by atoms with Crippen LogP contribution in [-0.2, 0) is 9.47 Å². The minimum Gasteiger partial charge on any atom is -0.384 e. The van der Waals surface area contributed by atoms with Gasteiger partial charge in [0.25, 0.3) is 0 Å². The van der Waals surface area contributed by atoms with Crippen LogP contribution in [0.4, 0.5) is 0 Å². The fraction of sp³-hybridized carbons (Fsp3) is 0.579. The van der Waals surface area contributed by atoms with Crippen LogP contribution in [0.25, 0.3) is 6.08 Å². The molecule has 0 radical (unpaired) electrons. The molecule has 2 heteroatoms. The fourth-order valence-electron chi connectivity index (χ4n) is 4.50. The van der Waals surface area contributed by atoms with Gasteiger partial charge in [-0.1, -0.05) is 49.3 Å². The van der Waals surface area contributed by atoms with Crippen LogP contribution in [0.3, 0.4) is 0 Å². The second-order valence-electron chi connectivity index (χ2n) is 6.59. The van der Waals surface area contributed by atoms with Gasteiger partial charge in [-0.3, -0.25) is 0 Å². The molecule has 21 heavy (non-hydrogen) atoms. The average Bonchev–Trinajstić information content (AvgIpc) is 2.92. The minimum absolute atomic E-state index is 0.161. The molecular formula is C19H26O2. The highest BCUT2D eigenvalue weighted by atomic mass is 16.5. The second kappa shape index (κ2) is 6.33. The lowest BCUT2D eigenvalue weighted by molar-refractivity contribution is -0.0567. The first-order valence-electron chi connectivity index (χ1n) is 8.06. The normalized spacial score (nSPS) is 26.8. The number of allylic oxidation sites excluding steroid dienone is 1. The molecule has 2 nitrogen and oxygen atoms in total. The van der Waals surface area contributed by atoms with E-state index >= 15 is 0 Å². The number of hydrogen-bond donors (Lipinski definition) is 0. The van der Waals surface area contributed by atoms with Gasteiger partial charge in [-0.15, -0.1) is 0 Å². The van der Waals surface area contributed by atoms with Crippen molar-refractivity contribution < 1.29 is 9.47 Å². The van der Waals surface area contributed by atoms with Gasteiger partial charge < -0.3 is 9.47 Å². The highest BCUT2D eigenvalue weighted by Gasteiger charge is 2.45. The van der Waals surface area contributed by atoms with Crippen LogP contribution in [0.1, 0.15) is 42.7 Å². The smallest absolute Gasteiger partial charge is 0.0543 e. The summed E-state index contributed by atoms with van der Waals surface area (Å²) < 4.78 is 11.2. The van der Waals surface area contributed by atoms with E-state index in [4.69, 9.17) is 9.47 Å². The predicted molar refractivity (Wildman–Crippen MR) is 86.4 cm³/mol.